The second-order valence-corrected chi connectivity index (χ2v) is 22.3. The summed E-state index contributed by atoms with van der Waals surface area (Å²) < 4.78 is 16.8. The average molecular weight is 938 g/mol. The maximum atomic E-state index is 5.61. The lowest BCUT2D eigenvalue weighted by molar-refractivity contribution is 0.106. The van der Waals surface area contributed by atoms with E-state index in [9.17, 15) is 0 Å². The number of hydrogen-bond acceptors (Lipinski definition) is 3. The Balaban J connectivity index is -0.000000903. The minimum Gasteiger partial charge on any atom is -0.381 e. The Bertz CT molecular complexity index is 765. The zero-order valence-electron chi connectivity index (χ0n) is 48.0. The van der Waals surface area contributed by atoms with Crippen molar-refractivity contribution in [1.82, 2.24) is 0 Å². The highest BCUT2D eigenvalue weighted by Gasteiger charge is 1.99. The molecule has 0 unspecified atom stereocenters. The van der Waals surface area contributed by atoms with Gasteiger partial charge in [-0.3, -0.25) is 0 Å². The first-order chi connectivity index (χ1) is 32.3. The molecule has 0 aliphatic carbocycles. The third kappa shape index (κ3) is 78.1. The van der Waals surface area contributed by atoms with Crippen LogP contribution in [-0.4, -0.2) is 39.6 Å². The van der Waals surface area contributed by atoms with Gasteiger partial charge in [0, 0.05) is 39.6 Å². The number of unbranched alkanes of at least 4 members (excludes halogenated alkanes) is 42. The van der Waals surface area contributed by atoms with Crippen LogP contribution in [0.3, 0.4) is 0 Å². The molecular formula is C63H132O3. The zero-order valence-corrected chi connectivity index (χ0v) is 48.0. The zero-order chi connectivity index (χ0) is 48.9. The summed E-state index contributed by atoms with van der Waals surface area (Å²) >= 11 is 0. The maximum Gasteiger partial charge on any atom is 0.0488 e. The van der Waals surface area contributed by atoms with Gasteiger partial charge < -0.3 is 14.2 Å². The molecule has 0 heterocycles. The van der Waals surface area contributed by atoms with Crippen LogP contribution in [0.2, 0.25) is 0 Å². The van der Waals surface area contributed by atoms with Gasteiger partial charge in [0.15, 0.2) is 0 Å². The van der Waals surface area contributed by atoms with Crippen molar-refractivity contribution in [3.63, 3.8) is 0 Å². The van der Waals surface area contributed by atoms with Gasteiger partial charge >= 0.3 is 0 Å². The van der Waals surface area contributed by atoms with Crippen molar-refractivity contribution in [2.45, 2.75) is 351 Å². The van der Waals surface area contributed by atoms with Gasteiger partial charge in [0.05, 0.1) is 0 Å². The normalized spacial score (nSPS) is 11.5. The van der Waals surface area contributed by atoms with Crippen molar-refractivity contribution < 1.29 is 14.2 Å². The quantitative estimate of drug-likeness (QED) is 0.0569. The van der Waals surface area contributed by atoms with Crippen LogP contribution in [0, 0.1) is 17.8 Å². The van der Waals surface area contributed by atoms with Crippen molar-refractivity contribution in [3.05, 3.63) is 0 Å². The Labute approximate surface area is 421 Å². The van der Waals surface area contributed by atoms with Gasteiger partial charge in [-0.2, -0.15) is 0 Å². The Kier molecular flexibility index (Phi) is 71.2. The highest BCUT2D eigenvalue weighted by molar-refractivity contribution is 4.53. The van der Waals surface area contributed by atoms with E-state index in [-0.39, 0.29) is 0 Å². The second-order valence-electron chi connectivity index (χ2n) is 22.3. The fourth-order valence-electron chi connectivity index (χ4n) is 8.68. The van der Waals surface area contributed by atoms with Gasteiger partial charge in [-0.25, -0.2) is 0 Å². The molecule has 0 atom stereocenters. The molecule has 0 aromatic heterocycles. The molecule has 0 rings (SSSR count). The van der Waals surface area contributed by atoms with Crippen molar-refractivity contribution in [2.75, 3.05) is 39.6 Å². The molecule has 0 radical (unpaired) electrons. The van der Waals surface area contributed by atoms with E-state index in [0.717, 1.165) is 39.6 Å². The molecule has 0 aliphatic rings. The van der Waals surface area contributed by atoms with E-state index in [1.165, 1.54) is 289 Å². The standard InChI is InChI=1S/C22H46O.C21H44O.C20H42O/c1-4-5-6-7-8-9-10-11-12-13-14-15-16-17-18-19-20-23-21-22(2)3;1-4-5-6-7-8-9-10-11-12-13-14-15-16-17-18-19-22-20-21(2)3;1-4-5-6-7-8-9-10-11-12-13-14-15-16-17-18-21-19-20(2)3/h22H,4-21H2,1-3H3;21H,4-20H2,1-3H3;20H,4-19H2,1-3H3. The molecule has 0 spiro atoms. The molecule has 0 amide bonds. The van der Waals surface area contributed by atoms with E-state index >= 15 is 0 Å². The minimum atomic E-state index is 0.677. The Morgan fingerprint density at radius 3 is 0.424 bits per heavy atom. The summed E-state index contributed by atoms with van der Waals surface area (Å²) in [6.45, 7) is 25.9. The predicted molar refractivity (Wildman–Crippen MR) is 302 cm³/mol. The van der Waals surface area contributed by atoms with Gasteiger partial charge in [0.1, 0.15) is 0 Å². The summed E-state index contributed by atoms with van der Waals surface area (Å²) in [6.07, 6.45) is 64.3. The van der Waals surface area contributed by atoms with Crippen LogP contribution in [0.25, 0.3) is 0 Å². The minimum absolute atomic E-state index is 0.677. The van der Waals surface area contributed by atoms with Crippen molar-refractivity contribution >= 4 is 0 Å². The van der Waals surface area contributed by atoms with Gasteiger partial charge in [0.2, 0.25) is 0 Å². The van der Waals surface area contributed by atoms with E-state index in [2.05, 4.69) is 62.3 Å². The molecule has 66 heavy (non-hydrogen) atoms. The van der Waals surface area contributed by atoms with Crippen LogP contribution in [0.4, 0.5) is 0 Å². The van der Waals surface area contributed by atoms with E-state index < -0.39 is 0 Å². The molecular weight excluding hydrogens is 805 g/mol. The third-order valence-electron chi connectivity index (χ3n) is 13.0. The number of ether oxygens (including phenoxy) is 3. The van der Waals surface area contributed by atoms with Crippen molar-refractivity contribution in [1.29, 1.82) is 0 Å². The topological polar surface area (TPSA) is 27.7 Å². The lowest BCUT2D eigenvalue weighted by atomic mass is 10.0. The Hall–Kier alpha value is -0.120. The highest BCUT2D eigenvalue weighted by atomic mass is 16.5. The monoisotopic (exact) mass is 937 g/mol. The fourth-order valence-corrected chi connectivity index (χ4v) is 8.68. The summed E-state index contributed by atoms with van der Waals surface area (Å²) in [6, 6.07) is 0. The van der Waals surface area contributed by atoms with Crippen molar-refractivity contribution in [3.8, 4) is 0 Å². The molecule has 3 nitrogen and oxygen atoms in total. The van der Waals surface area contributed by atoms with Crippen LogP contribution in [0.1, 0.15) is 351 Å². The fraction of sp³-hybridized carbons (Fsp3) is 1.00. The molecule has 402 valence electrons. The summed E-state index contributed by atoms with van der Waals surface area (Å²) in [5.74, 6) is 2.03. The first-order valence-electron chi connectivity index (χ1n) is 31.0. The molecule has 0 fully saturated rings. The van der Waals surface area contributed by atoms with Crippen LogP contribution in [0.15, 0.2) is 0 Å². The summed E-state index contributed by atoms with van der Waals surface area (Å²) in [7, 11) is 0. The molecule has 0 aliphatic heterocycles. The molecule has 0 bridgehead atoms. The van der Waals surface area contributed by atoms with Gasteiger partial charge in [-0.1, -0.05) is 332 Å². The molecule has 0 aromatic rings. The number of rotatable bonds is 54. The van der Waals surface area contributed by atoms with E-state index in [0.29, 0.717) is 17.8 Å². The third-order valence-corrected chi connectivity index (χ3v) is 13.0. The van der Waals surface area contributed by atoms with Crippen LogP contribution in [0.5, 0.6) is 0 Å². The van der Waals surface area contributed by atoms with Crippen molar-refractivity contribution in [2.24, 2.45) is 17.8 Å². The summed E-state index contributed by atoms with van der Waals surface area (Å²) in [5, 5.41) is 0. The molecule has 0 saturated carbocycles. The van der Waals surface area contributed by atoms with E-state index in [1.54, 1.807) is 0 Å². The smallest absolute Gasteiger partial charge is 0.0488 e. The number of hydrogen-bond donors (Lipinski definition) is 0. The van der Waals surface area contributed by atoms with Gasteiger partial charge in [0.25, 0.3) is 0 Å². The van der Waals surface area contributed by atoms with Gasteiger partial charge in [-0.15, -0.1) is 0 Å². The lowest BCUT2D eigenvalue weighted by Gasteiger charge is -2.06. The van der Waals surface area contributed by atoms with Crippen LogP contribution in [-0.2, 0) is 14.2 Å². The SMILES string of the molecule is CCCCCCCCCCCCCCCCCCOCC(C)C.CCCCCCCCCCCCCCCCCOCC(C)C.CCCCCCCCCCCCCCCCOCC(C)C. The highest BCUT2D eigenvalue weighted by Crippen LogP contribution is 2.16. The largest absolute Gasteiger partial charge is 0.381 e. The summed E-state index contributed by atoms with van der Waals surface area (Å²) in [5.41, 5.74) is 0. The van der Waals surface area contributed by atoms with E-state index in [1.807, 2.05) is 0 Å². The first kappa shape index (κ1) is 70.1. The Morgan fingerprint density at radius 1 is 0.182 bits per heavy atom. The molecule has 0 saturated heterocycles. The molecule has 0 N–H and O–H groups in total. The molecule has 3 heteroatoms. The first-order valence-corrected chi connectivity index (χ1v) is 31.0. The maximum absolute atomic E-state index is 5.61. The Morgan fingerprint density at radius 2 is 0.303 bits per heavy atom. The average Bonchev–Trinajstić information content (AvgIpc) is 3.29. The van der Waals surface area contributed by atoms with Gasteiger partial charge in [-0.05, 0) is 37.0 Å². The van der Waals surface area contributed by atoms with Crippen LogP contribution >= 0.6 is 0 Å². The van der Waals surface area contributed by atoms with E-state index in [4.69, 9.17) is 14.2 Å². The summed E-state index contributed by atoms with van der Waals surface area (Å²) in [4.78, 5) is 0. The van der Waals surface area contributed by atoms with Crippen LogP contribution < -0.4 is 0 Å². The lowest BCUT2D eigenvalue weighted by Crippen LogP contribution is -2.02. The predicted octanol–water partition coefficient (Wildman–Crippen LogP) is 22.6. The second kappa shape index (κ2) is 67.0. The molecule has 0 aromatic carbocycles.